The summed E-state index contributed by atoms with van der Waals surface area (Å²) < 4.78 is 5.04. The molecule has 13 heavy (non-hydrogen) atoms. The van der Waals surface area contributed by atoms with E-state index < -0.39 is 6.10 Å². The molecule has 1 heterocycles. The molecule has 0 aromatic carbocycles. The van der Waals surface area contributed by atoms with Crippen LogP contribution in [0.15, 0.2) is 0 Å². The third-order valence-electron chi connectivity index (χ3n) is 2.09. The van der Waals surface area contributed by atoms with Crippen LogP contribution in [-0.4, -0.2) is 50.0 Å². The standard InChI is InChI=1S/C8H16N2O3/c1-9-8(12)2-3-10-6-4-13-5-7(6)11/h6-7,10-11H,2-5H2,1H3,(H,9,12). The molecular formula is C8H16N2O3. The predicted octanol–water partition coefficient (Wildman–Crippen LogP) is -1.53. The van der Waals surface area contributed by atoms with Gasteiger partial charge in [-0.3, -0.25) is 4.79 Å². The Morgan fingerprint density at radius 3 is 2.92 bits per heavy atom. The number of carbonyl (C=O) groups excluding carboxylic acids is 1. The molecule has 1 fully saturated rings. The van der Waals surface area contributed by atoms with Gasteiger partial charge in [0.15, 0.2) is 0 Å². The Bertz CT molecular complexity index is 175. The second-order valence-electron chi connectivity index (χ2n) is 3.09. The summed E-state index contributed by atoms with van der Waals surface area (Å²) >= 11 is 0. The lowest BCUT2D eigenvalue weighted by Gasteiger charge is -2.13. The highest BCUT2D eigenvalue weighted by Gasteiger charge is 2.25. The van der Waals surface area contributed by atoms with E-state index in [1.54, 1.807) is 7.05 Å². The maximum atomic E-state index is 10.8. The summed E-state index contributed by atoms with van der Waals surface area (Å²) in [6.45, 7) is 1.48. The lowest BCUT2D eigenvalue weighted by molar-refractivity contribution is -0.120. The number of amides is 1. The van der Waals surface area contributed by atoms with Gasteiger partial charge in [0, 0.05) is 20.0 Å². The van der Waals surface area contributed by atoms with Gasteiger partial charge in [-0.15, -0.1) is 0 Å². The van der Waals surface area contributed by atoms with Gasteiger partial charge >= 0.3 is 0 Å². The quantitative estimate of drug-likeness (QED) is 0.500. The maximum absolute atomic E-state index is 10.8. The van der Waals surface area contributed by atoms with Crippen LogP contribution in [0, 0.1) is 0 Å². The van der Waals surface area contributed by atoms with Gasteiger partial charge in [0.25, 0.3) is 0 Å². The van der Waals surface area contributed by atoms with E-state index in [1.165, 1.54) is 0 Å². The first-order valence-electron chi connectivity index (χ1n) is 4.44. The SMILES string of the molecule is CNC(=O)CCNC1COCC1O. The van der Waals surface area contributed by atoms with E-state index in [4.69, 9.17) is 4.74 Å². The van der Waals surface area contributed by atoms with Crippen molar-refractivity contribution in [1.29, 1.82) is 0 Å². The number of aliphatic hydroxyl groups is 1. The minimum absolute atomic E-state index is 0.000838. The average Bonchev–Trinajstić information content (AvgIpc) is 2.52. The molecule has 1 rings (SSSR count). The molecule has 1 aliphatic rings. The van der Waals surface area contributed by atoms with Crippen LogP contribution in [0.4, 0.5) is 0 Å². The Morgan fingerprint density at radius 2 is 2.38 bits per heavy atom. The molecule has 0 bridgehead atoms. The lowest BCUT2D eigenvalue weighted by Crippen LogP contribution is -2.40. The molecule has 3 N–H and O–H groups in total. The van der Waals surface area contributed by atoms with Gasteiger partial charge in [-0.25, -0.2) is 0 Å². The highest BCUT2D eigenvalue weighted by Crippen LogP contribution is 2.04. The van der Waals surface area contributed by atoms with Crippen molar-refractivity contribution in [3.05, 3.63) is 0 Å². The Hall–Kier alpha value is -0.650. The van der Waals surface area contributed by atoms with Crippen LogP contribution < -0.4 is 10.6 Å². The average molecular weight is 188 g/mol. The Balaban J connectivity index is 2.08. The first kappa shape index (κ1) is 10.4. The normalized spacial score (nSPS) is 27.5. The second kappa shape index (κ2) is 5.16. The largest absolute Gasteiger partial charge is 0.389 e. The maximum Gasteiger partial charge on any atom is 0.221 e. The van der Waals surface area contributed by atoms with Gasteiger partial charge in [0.1, 0.15) is 0 Å². The molecule has 76 valence electrons. The van der Waals surface area contributed by atoms with Crippen LogP contribution in [0.25, 0.3) is 0 Å². The fourth-order valence-electron chi connectivity index (χ4n) is 1.23. The number of hydrogen-bond acceptors (Lipinski definition) is 4. The monoisotopic (exact) mass is 188 g/mol. The van der Waals surface area contributed by atoms with Crippen molar-refractivity contribution in [2.24, 2.45) is 0 Å². The third kappa shape index (κ3) is 3.30. The highest BCUT2D eigenvalue weighted by molar-refractivity contribution is 5.75. The summed E-state index contributed by atoms with van der Waals surface area (Å²) in [5.74, 6) is 0.000838. The molecule has 0 aromatic heterocycles. The highest BCUT2D eigenvalue weighted by atomic mass is 16.5. The Labute approximate surface area is 77.5 Å². The Kier molecular flexibility index (Phi) is 4.14. The zero-order valence-electron chi connectivity index (χ0n) is 7.75. The molecule has 1 saturated heterocycles. The third-order valence-corrected chi connectivity index (χ3v) is 2.09. The summed E-state index contributed by atoms with van der Waals surface area (Å²) in [5.41, 5.74) is 0. The van der Waals surface area contributed by atoms with Crippen molar-refractivity contribution in [2.75, 3.05) is 26.8 Å². The molecule has 2 unspecified atom stereocenters. The molecule has 1 amide bonds. The number of aliphatic hydroxyl groups excluding tert-OH is 1. The van der Waals surface area contributed by atoms with Crippen molar-refractivity contribution in [2.45, 2.75) is 18.6 Å². The fraction of sp³-hybridized carbons (Fsp3) is 0.875. The van der Waals surface area contributed by atoms with Crippen molar-refractivity contribution >= 4 is 5.91 Å². The van der Waals surface area contributed by atoms with Crippen LogP contribution in [0.2, 0.25) is 0 Å². The molecule has 0 aliphatic carbocycles. The first-order chi connectivity index (χ1) is 6.24. The fourth-order valence-corrected chi connectivity index (χ4v) is 1.23. The molecule has 0 spiro atoms. The van der Waals surface area contributed by atoms with Crippen molar-refractivity contribution in [3.8, 4) is 0 Å². The predicted molar refractivity (Wildman–Crippen MR) is 47.3 cm³/mol. The van der Waals surface area contributed by atoms with Gasteiger partial charge in [0.2, 0.25) is 5.91 Å². The van der Waals surface area contributed by atoms with E-state index in [9.17, 15) is 9.90 Å². The van der Waals surface area contributed by atoms with Crippen LogP contribution in [-0.2, 0) is 9.53 Å². The number of ether oxygens (including phenoxy) is 1. The summed E-state index contributed by atoms with van der Waals surface area (Å²) in [4.78, 5) is 10.8. The molecule has 0 radical (unpaired) electrons. The molecule has 5 nitrogen and oxygen atoms in total. The van der Waals surface area contributed by atoms with Gasteiger partial charge in [0.05, 0.1) is 25.4 Å². The molecular weight excluding hydrogens is 172 g/mol. The van der Waals surface area contributed by atoms with E-state index in [2.05, 4.69) is 10.6 Å². The molecule has 5 heteroatoms. The van der Waals surface area contributed by atoms with E-state index in [1.807, 2.05) is 0 Å². The van der Waals surface area contributed by atoms with Crippen molar-refractivity contribution < 1.29 is 14.6 Å². The summed E-state index contributed by atoms with van der Waals surface area (Å²) in [6, 6.07) is -0.0235. The van der Waals surface area contributed by atoms with E-state index in [0.29, 0.717) is 26.2 Å². The van der Waals surface area contributed by atoms with Crippen LogP contribution in [0.1, 0.15) is 6.42 Å². The zero-order chi connectivity index (χ0) is 9.68. The Morgan fingerprint density at radius 1 is 1.62 bits per heavy atom. The smallest absolute Gasteiger partial charge is 0.221 e. The van der Waals surface area contributed by atoms with E-state index >= 15 is 0 Å². The van der Waals surface area contributed by atoms with Crippen molar-refractivity contribution in [3.63, 3.8) is 0 Å². The molecule has 2 atom stereocenters. The number of carbonyl (C=O) groups is 1. The molecule has 0 aromatic rings. The van der Waals surface area contributed by atoms with E-state index in [0.717, 1.165) is 0 Å². The number of hydrogen-bond donors (Lipinski definition) is 3. The van der Waals surface area contributed by atoms with Gasteiger partial charge in [-0.05, 0) is 0 Å². The number of rotatable bonds is 4. The van der Waals surface area contributed by atoms with Gasteiger partial charge in [-0.2, -0.15) is 0 Å². The topological polar surface area (TPSA) is 70.6 Å². The lowest BCUT2D eigenvalue weighted by atomic mass is 10.2. The summed E-state index contributed by atoms with van der Waals surface area (Å²) in [7, 11) is 1.61. The van der Waals surface area contributed by atoms with Crippen molar-refractivity contribution in [1.82, 2.24) is 10.6 Å². The first-order valence-corrected chi connectivity index (χ1v) is 4.44. The number of nitrogens with one attached hydrogen (secondary N) is 2. The van der Waals surface area contributed by atoms with Crippen LogP contribution >= 0.6 is 0 Å². The zero-order valence-corrected chi connectivity index (χ0v) is 7.75. The molecule has 0 saturated carbocycles. The second-order valence-corrected chi connectivity index (χ2v) is 3.09. The minimum Gasteiger partial charge on any atom is -0.389 e. The van der Waals surface area contributed by atoms with Crippen LogP contribution in [0.3, 0.4) is 0 Å². The molecule has 1 aliphatic heterocycles. The van der Waals surface area contributed by atoms with Gasteiger partial charge in [-0.1, -0.05) is 0 Å². The summed E-state index contributed by atoms with van der Waals surface area (Å²) in [5, 5.41) is 14.9. The van der Waals surface area contributed by atoms with Gasteiger partial charge < -0.3 is 20.5 Å². The minimum atomic E-state index is -0.440. The van der Waals surface area contributed by atoms with Crippen LogP contribution in [0.5, 0.6) is 0 Å². The van der Waals surface area contributed by atoms with E-state index in [-0.39, 0.29) is 11.9 Å². The summed E-state index contributed by atoms with van der Waals surface area (Å²) in [6.07, 6.45) is -0.00983.